The van der Waals surface area contributed by atoms with Crippen LogP contribution in [0.4, 0.5) is 0 Å². The maximum Gasteiger partial charge on any atom is 0.138 e. The standard InChI is InChI=1S/C11H22N4O/c1-5-12-7-11(4,16)6-10-13-8-14-15(10)9(2)3/h8-9,12,16H,5-7H2,1-4H3. The van der Waals surface area contributed by atoms with Crippen molar-refractivity contribution in [2.24, 2.45) is 0 Å². The lowest BCUT2D eigenvalue weighted by atomic mass is 10.0. The van der Waals surface area contributed by atoms with Crippen LogP contribution in [-0.2, 0) is 6.42 Å². The van der Waals surface area contributed by atoms with Gasteiger partial charge in [0.05, 0.1) is 5.60 Å². The number of hydrogen-bond donors (Lipinski definition) is 2. The molecule has 1 rings (SSSR count). The van der Waals surface area contributed by atoms with E-state index in [0.717, 1.165) is 12.4 Å². The molecular formula is C11H22N4O. The fourth-order valence-electron chi connectivity index (χ4n) is 1.63. The van der Waals surface area contributed by atoms with Crippen molar-refractivity contribution in [1.82, 2.24) is 20.1 Å². The SMILES string of the molecule is CCNCC(C)(O)Cc1ncnn1C(C)C. The third-order valence-corrected chi connectivity index (χ3v) is 2.43. The molecular weight excluding hydrogens is 204 g/mol. The number of nitrogens with one attached hydrogen (secondary N) is 1. The van der Waals surface area contributed by atoms with Gasteiger partial charge in [0.15, 0.2) is 0 Å². The van der Waals surface area contributed by atoms with Crippen molar-refractivity contribution in [3.05, 3.63) is 12.2 Å². The Bertz CT molecular complexity index is 320. The van der Waals surface area contributed by atoms with Crippen LogP contribution in [-0.4, -0.2) is 38.6 Å². The number of aliphatic hydroxyl groups is 1. The van der Waals surface area contributed by atoms with E-state index in [0.29, 0.717) is 13.0 Å². The summed E-state index contributed by atoms with van der Waals surface area (Å²) in [5.41, 5.74) is -0.782. The van der Waals surface area contributed by atoms with E-state index in [1.807, 2.05) is 18.5 Å². The molecule has 0 fully saturated rings. The second kappa shape index (κ2) is 5.41. The van der Waals surface area contributed by atoms with Crippen molar-refractivity contribution in [3.63, 3.8) is 0 Å². The third-order valence-electron chi connectivity index (χ3n) is 2.43. The first kappa shape index (κ1) is 13.1. The number of rotatable bonds is 6. The summed E-state index contributed by atoms with van der Waals surface area (Å²) in [6, 6.07) is 0.271. The third kappa shape index (κ3) is 3.57. The van der Waals surface area contributed by atoms with Crippen LogP contribution < -0.4 is 5.32 Å². The number of likely N-dealkylation sites (N-methyl/N-ethyl adjacent to an activating group) is 1. The van der Waals surface area contributed by atoms with Crippen molar-refractivity contribution in [2.75, 3.05) is 13.1 Å². The molecule has 0 aromatic carbocycles. The Balaban J connectivity index is 2.68. The van der Waals surface area contributed by atoms with E-state index in [9.17, 15) is 5.11 Å². The maximum absolute atomic E-state index is 10.2. The summed E-state index contributed by atoms with van der Waals surface area (Å²) in [4.78, 5) is 4.19. The van der Waals surface area contributed by atoms with Crippen molar-refractivity contribution in [3.8, 4) is 0 Å². The van der Waals surface area contributed by atoms with Crippen molar-refractivity contribution in [1.29, 1.82) is 0 Å². The lowest BCUT2D eigenvalue weighted by molar-refractivity contribution is 0.0572. The van der Waals surface area contributed by atoms with Gasteiger partial charge >= 0.3 is 0 Å². The summed E-state index contributed by atoms with van der Waals surface area (Å²) < 4.78 is 1.85. The van der Waals surface area contributed by atoms with Crippen LogP contribution in [0.3, 0.4) is 0 Å². The van der Waals surface area contributed by atoms with Crippen LogP contribution in [0.25, 0.3) is 0 Å². The van der Waals surface area contributed by atoms with Gasteiger partial charge in [-0.25, -0.2) is 9.67 Å². The molecule has 16 heavy (non-hydrogen) atoms. The molecule has 1 aromatic rings. The van der Waals surface area contributed by atoms with Crippen molar-refractivity contribution in [2.45, 2.75) is 45.8 Å². The predicted octanol–water partition coefficient (Wildman–Crippen LogP) is 0.762. The van der Waals surface area contributed by atoms with E-state index in [1.165, 1.54) is 0 Å². The Morgan fingerprint density at radius 3 is 2.81 bits per heavy atom. The van der Waals surface area contributed by atoms with Gasteiger partial charge in [-0.15, -0.1) is 0 Å². The molecule has 1 heterocycles. The molecule has 0 spiro atoms. The average molecular weight is 226 g/mol. The molecule has 2 N–H and O–H groups in total. The second-order valence-corrected chi connectivity index (χ2v) is 4.67. The molecule has 0 bridgehead atoms. The highest BCUT2D eigenvalue weighted by Crippen LogP contribution is 2.13. The van der Waals surface area contributed by atoms with Gasteiger partial charge in [0.2, 0.25) is 0 Å². The van der Waals surface area contributed by atoms with Gasteiger partial charge in [-0.1, -0.05) is 6.92 Å². The van der Waals surface area contributed by atoms with Gasteiger partial charge in [-0.05, 0) is 27.3 Å². The zero-order chi connectivity index (χ0) is 12.2. The van der Waals surface area contributed by atoms with E-state index >= 15 is 0 Å². The first-order chi connectivity index (χ1) is 7.46. The molecule has 0 aliphatic carbocycles. The van der Waals surface area contributed by atoms with Crippen molar-refractivity contribution >= 4 is 0 Å². The molecule has 0 aliphatic rings. The summed E-state index contributed by atoms with van der Waals surface area (Å²) >= 11 is 0. The zero-order valence-corrected chi connectivity index (χ0v) is 10.6. The topological polar surface area (TPSA) is 63.0 Å². The first-order valence-corrected chi connectivity index (χ1v) is 5.77. The first-order valence-electron chi connectivity index (χ1n) is 5.77. The lowest BCUT2D eigenvalue weighted by Gasteiger charge is -2.23. The largest absolute Gasteiger partial charge is 0.388 e. The Morgan fingerprint density at radius 1 is 1.56 bits per heavy atom. The minimum Gasteiger partial charge on any atom is -0.388 e. The van der Waals surface area contributed by atoms with Crippen LogP contribution in [0.5, 0.6) is 0 Å². The monoisotopic (exact) mass is 226 g/mol. The molecule has 0 amide bonds. The Kier molecular flexibility index (Phi) is 4.44. The van der Waals surface area contributed by atoms with Crippen LogP contribution in [0.2, 0.25) is 0 Å². The molecule has 5 nitrogen and oxygen atoms in total. The summed E-state index contributed by atoms with van der Waals surface area (Å²) in [6.07, 6.45) is 2.05. The summed E-state index contributed by atoms with van der Waals surface area (Å²) in [5, 5.41) is 17.5. The molecule has 0 aliphatic heterocycles. The smallest absolute Gasteiger partial charge is 0.138 e. The maximum atomic E-state index is 10.2. The highest BCUT2D eigenvalue weighted by atomic mass is 16.3. The summed E-state index contributed by atoms with van der Waals surface area (Å²) in [7, 11) is 0. The summed E-state index contributed by atoms with van der Waals surface area (Å²) in [6.45, 7) is 9.36. The predicted molar refractivity (Wildman–Crippen MR) is 63.3 cm³/mol. The fourth-order valence-corrected chi connectivity index (χ4v) is 1.63. The molecule has 92 valence electrons. The van der Waals surface area contributed by atoms with Gasteiger partial charge in [-0.3, -0.25) is 0 Å². The second-order valence-electron chi connectivity index (χ2n) is 4.67. The molecule has 0 saturated heterocycles. The average Bonchev–Trinajstić information content (AvgIpc) is 2.62. The van der Waals surface area contributed by atoms with Crippen LogP contribution in [0, 0.1) is 0 Å². The number of hydrogen-bond acceptors (Lipinski definition) is 4. The molecule has 1 aromatic heterocycles. The fraction of sp³-hybridized carbons (Fsp3) is 0.818. The molecule has 5 heteroatoms. The van der Waals surface area contributed by atoms with E-state index in [4.69, 9.17) is 0 Å². The van der Waals surface area contributed by atoms with Crippen LogP contribution in [0.15, 0.2) is 6.33 Å². The molecule has 0 radical (unpaired) electrons. The Morgan fingerprint density at radius 2 is 2.25 bits per heavy atom. The van der Waals surface area contributed by atoms with E-state index in [2.05, 4.69) is 29.2 Å². The Hall–Kier alpha value is -0.940. The quantitative estimate of drug-likeness (QED) is 0.752. The number of nitrogens with zero attached hydrogens (tertiary/aromatic N) is 3. The van der Waals surface area contributed by atoms with Gasteiger partial charge in [0.25, 0.3) is 0 Å². The highest BCUT2D eigenvalue weighted by Gasteiger charge is 2.23. The van der Waals surface area contributed by atoms with Gasteiger partial charge < -0.3 is 10.4 Å². The van der Waals surface area contributed by atoms with Crippen molar-refractivity contribution < 1.29 is 5.11 Å². The van der Waals surface area contributed by atoms with E-state index in [-0.39, 0.29) is 6.04 Å². The van der Waals surface area contributed by atoms with Gasteiger partial charge in [-0.2, -0.15) is 5.10 Å². The minimum atomic E-state index is -0.782. The molecule has 1 unspecified atom stereocenters. The zero-order valence-electron chi connectivity index (χ0n) is 10.6. The van der Waals surface area contributed by atoms with E-state index in [1.54, 1.807) is 6.33 Å². The molecule has 0 saturated carbocycles. The normalized spacial score (nSPS) is 15.4. The number of aromatic nitrogens is 3. The van der Waals surface area contributed by atoms with Crippen LogP contribution in [0.1, 0.15) is 39.6 Å². The summed E-state index contributed by atoms with van der Waals surface area (Å²) in [5.74, 6) is 0.831. The van der Waals surface area contributed by atoms with Gasteiger partial charge in [0.1, 0.15) is 12.2 Å². The Labute approximate surface area is 96.9 Å². The highest BCUT2D eigenvalue weighted by molar-refractivity contribution is 4.94. The van der Waals surface area contributed by atoms with Gasteiger partial charge in [0, 0.05) is 19.0 Å². The minimum absolute atomic E-state index is 0.271. The lowest BCUT2D eigenvalue weighted by Crippen LogP contribution is -2.40. The van der Waals surface area contributed by atoms with Crippen LogP contribution >= 0.6 is 0 Å². The van der Waals surface area contributed by atoms with E-state index < -0.39 is 5.60 Å². The molecule has 1 atom stereocenters.